The van der Waals surface area contributed by atoms with Crippen LogP contribution in [0.3, 0.4) is 0 Å². The van der Waals surface area contributed by atoms with Crippen molar-refractivity contribution in [3.05, 3.63) is 0 Å². The van der Waals surface area contributed by atoms with Gasteiger partial charge in [0.15, 0.2) is 0 Å². The van der Waals surface area contributed by atoms with Gasteiger partial charge in [-0.2, -0.15) is 0 Å². The molecule has 6 nitrogen and oxygen atoms in total. The first-order chi connectivity index (χ1) is 14.2. The lowest BCUT2D eigenvalue weighted by molar-refractivity contribution is -0.0373. The van der Waals surface area contributed by atoms with Gasteiger partial charge in [0.1, 0.15) is 0 Å². The van der Waals surface area contributed by atoms with E-state index in [0.29, 0.717) is 36.6 Å². The van der Waals surface area contributed by atoms with Gasteiger partial charge in [-0.15, -0.1) is 0 Å². The number of fused-ring (bicyclic) bond motifs is 3. The average Bonchev–Trinajstić information content (AvgIpc) is 3.58. The van der Waals surface area contributed by atoms with E-state index in [-0.39, 0.29) is 18.3 Å². The maximum atomic E-state index is 6.91. The highest BCUT2D eigenvalue weighted by atomic mass is 28.4. The van der Waals surface area contributed by atoms with Gasteiger partial charge in [0, 0.05) is 25.3 Å². The molecule has 0 aromatic rings. The van der Waals surface area contributed by atoms with E-state index in [2.05, 4.69) is 6.92 Å². The Balaban J connectivity index is 1.18. The normalized spacial score (nSPS) is 49.3. The predicted octanol–water partition coefficient (Wildman–Crippen LogP) is 3.73. The van der Waals surface area contributed by atoms with Crippen LogP contribution in [0.1, 0.15) is 77.6 Å². The van der Waals surface area contributed by atoms with Crippen LogP contribution in [0, 0.1) is 0 Å². The van der Waals surface area contributed by atoms with E-state index in [0.717, 1.165) is 76.7 Å². The lowest BCUT2D eigenvalue weighted by Gasteiger charge is -2.40. The molecule has 6 fully saturated rings. The summed E-state index contributed by atoms with van der Waals surface area (Å²) in [5.74, 6) is 0. The topological polar surface area (TPSA) is 65.3 Å². The van der Waals surface area contributed by atoms with Gasteiger partial charge < -0.3 is 27.5 Å². The molecule has 3 saturated carbocycles. The summed E-state index contributed by atoms with van der Waals surface area (Å²) in [6, 6.07) is 0.936. The van der Waals surface area contributed by atoms with Crippen molar-refractivity contribution < 1.29 is 27.5 Å². The Morgan fingerprint density at radius 1 is 0.621 bits per heavy atom. The smallest absolute Gasteiger partial charge is 0.370 e. The van der Waals surface area contributed by atoms with Crippen molar-refractivity contribution >= 4 is 8.80 Å². The number of hydrogen-bond donors (Lipinski definition) is 0. The lowest BCUT2D eigenvalue weighted by Crippen LogP contribution is -2.54. The monoisotopic (exact) mass is 424 g/mol. The van der Waals surface area contributed by atoms with Gasteiger partial charge in [0.05, 0.1) is 54.9 Å². The van der Waals surface area contributed by atoms with Crippen LogP contribution in [-0.2, 0) is 27.5 Å². The zero-order chi connectivity index (χ0) is 19.4. The molecule has 6 aliphatic rings. The standard InChI is InChI=1S/C22H36O6Si/c1-2-3-10-29(26-14-4-7-17-20(11-14)23-17,27-15-5-8-18-21(12-15)24-18)28-16-6-9-19-22(13-16)25-19/h14-22H,2-13H2,1H3. The number of epoxide rings is 3. The van der Waals surface area contributed by atoms with Crippen LogP contribution in [0.25, 0.3) is 0 Å². The molecule has 3 aliphatic heterocycles. The third-order valence-electron chi connectivity index (χ3n) is 7.74. The Labute approximate surface area is 175 Å². The molecule has 7 heteroatoms. The largest absolute Gasteiger partial charge is 0.501 e. The van der Waals surface area contributed by atoms with Crippen molar-refractivity contribution in [2.45, 2.75) is 139 Å². The summed E-state index contributed by atoms with van der Waals surface area (Å²) in [6.07, 6.45) is 15.3. The van der Waals surface area contributed by atoms with Crippen molar-refractivity contribution in [1.82, 2.24) is 0 Å². The molecule has 0 N–H and O–H groups in total. The Bertz CT molecular complexity index is 530. The fourth-order valence-electron chi connectivity index (χ4n) is 5.84. The van der Waals surface area contributed by atoms with Crippen molar-refractivity contribution in [1.29, 1.82) is 0 Å². The quantitative estimate of drug-likeness (QED) is 0.415. The highest BCUT2D eigenvalue weighted by Gasteiger charge is 2.54. The first kappa shape index (κ1) is 19.6. The minimum absolute atomic E-state index is 0.226. The average molecular weight is 425 g/mol. The Hall–Kier alpha value is -0.0231. The first-order valence-corrected chi connectivity index (χ1v) is 14.1. The molecule has 9 unspecified atom stereocenters. The molecule has 29 heavy (non-hydrogen) atoms. The molecule has 6 rings (SSSR count). The van der Waals surface area contributed by atoms with Crippen LogP contribution in [0.4, 0.5) is 0 Å². The molecule has 9 atom stereocenters. The number of rotatable bonds is 9. The van der Waals surface area contributed by atoms with Crippen molar-refractivity contribution in [2.24, 2.45) is 0 Å². The van der Waals surface area contributed by atoms with E-state index in [4.69, 9.17) is 27.5 Å². The molecule has 0 bridgehead atoms. The Morgan fingerprint density at radius 3 is 1.38 bits per heavy atom. The van der Waals surface area contributed by atoms with E-state index in [1.165, 1.54) is 0 Å². The Morgan fingerprint density at radius 2 is 1.03 bits per heavy atom. The molecule has 0 radical (unpaired) electrons. The summed E-state index contributed by atoms with van der Waals surface area (Å²) in [5, 5.41) is 0. The summed E-state index contributed by atoms with van der Waals surface area (Å²) in [7, 11) is -2.78. The molecular weight excluding hydrogens is 388 g/mol. The van der Waals surface area contributed by atoms with Crippen molar-refractivity contribution in [3.63, 3.8) is 0 Å². The summed E-state index contributed by atoms with van der Waals surface area (Å²) in [6.45, 7) is 2.24. The minimum Gasteiger partial charge on any atom is -0.370 e. The van der Waals surface area contributed by atoms with Crippen molar-refractivity contribution in [3.8, 4) is 0 Å². The number of hydrogen-bond acceptors (Lipinski definition) is 6. The van der Waals surface area contributed by atoms with E-state index >= 15 is 0 Å². The summed E-state index contributed by atoms with van der Waals surface area (Å²) in [4.78, 5) is 0. The van der Waals surface area contributed by atoms with Gasteiger partial charge in [-0.3, -0.25) is 0 Å². The number of unbranched alkanes of at least 4 members (excludes halogenated alkanes) is 1. The van der Waals surface area contributed by atoms with Crippen LogP contribution >= 0.6 is 0 Å². The van der Waals surface area contributed by atoms with Crippen LogP contribution in [-0.4, -0.2) is 63.7 Å². The predicted molar refractivity (Wildman–Crippen MR) is 108 cm³/mol. The van der Waals surface area contributed by atoms with Gasteiger partial charge in [0.2, 0.25) is 0 Å². The van der Waals surface area contributed by atoms with Gasteiger partial charge >= 0.3 is 8.80 Å². The zero-order valence-corrected chi connectivity index (χ0v) is 18.6. The van der Waals surface area contributed by atoms with E-state index in [1.54, 1.807) is 0 Å². The van der Waals surface area contributed by atoms with Gasteiger partial charge in [-0.25, -0.2) is 0 Å². The van der Waals surface area contributed by atoms with Crippen LogP contribution in [0.15, 0.2) is 0 Å². The lowest BCUT2D eigenvalue weighted by atomic mass is 9.98. The van der Waals surface area contributed by atoms with Gasteiger partial charge in [0.25, 0.3) is 0 Å². The SMILES string of the molecule is CCCC[Si](OC1CCC2OC2C1)(OC1CCC2OC2C1)OC1CCC2OC2C1. The molecule has 0 amide bonds. The zero-order valence-electron chi connectivity index (χ0n) is 17.6. The molecule has 164 valence electrons. The molecule has 3 aliphatic carbocycles. The van der Waals surface area contributed by atoms with Crippen LogP contribution < -0.4 is 0 Å². The van der Waals surface area contributed by atoms with E-state index < -0.39 is 8.80 Å². The van der Waals surface area contributed by atoms with Crippen LogP contribution in [0.5, 0.6) is 0 Å². The minimum atomic E-state index is -2.78. The maximum absolute atomic E-state index is 6.91. The third-order valence-corrected chi connectivity index (χ3v) is 10.8. The first-order valence-electron chi connectivity index (χ1n) is 12.2. The second kappa shape index (κ2) is 7.83. The fourth-order valence-corrected chi connectivity index (χ4v) is 9.31. The Kier molecular flexibility index (Phi) is 5.31. The molecule has 0 aromatic carbocycles. The highest BCUT2D eigenvalue weighted by Crippen LogP contribution is 2.44. The van der Waals surface area contributed by atoms with Gasteiger partial charge in [-0.05, 0) is 44.9 Å². The fraction of sp³-hybridized carbons (Fsp3) is 1.00. The van der Waals surface area contributed by atoms with E-state index in [1.807, 2.05) is 0 Å². The molecule has 0 spiro atoms. The van der Waals surface area contributed by atoms with Gasteiger partial charge in [-0.1, -0.05) is 13.3 Å². The molecule has 0 aromatic heterocycles. The summed E-state index contributed by atoms with van der Waals surface area (Å²) >= 11 is 0. The van der Waals surface area contributed by atoms with Crippen molar-refractivity contribution in [2.75, 3.05) is 0 Å². The van der Waals surface area contributed by atoms with E-state index in [9.17, 15) is 0 Å². The number of ether oxygens (including phenoxy) is 3. The second-order valence-electron chi connectivity index (χ2n) is 10.1. The summed E-state index contributed by atoms with van der Waals surface area (Å²) in [5.41, 5.74) is 0. The molecule has 3 heterocycles. The summed E-state index contributed by atoms with van der Waals surface area (Å²) < 4.78 is 38.0. The third kappa shape index (κ3) is 4.47. The maximum Gasteiger partial charge on any atom is 0.501 e. The molecular formula is C22H36O6Si. The highest BCUT2D eigenvalue weighted by molar-refractivity contribution is 6.60. The van der Waals surface area contributed by atoms with Crippen LogP contribution in [0.2, 0.25) is 6.04 Å². The second-order valence-corrected chi connectivity index (χ2v) is 12.7. The molecule has 3 saturated heterocycles.